The predicted octanol–water partition coefficient (Wildman–Crippen LogP) is 0.206. The summed E-state index contributed by atoms with van der Waals surface area (Å²) in [4.78, 5) is 14.7. The summed E-state index contributed by atoms with van der Waals surface area (Å²) in [7, 11) is 1.57. The quantitative estimate of drug-likeness (QED) is 0.633. The van der Waals surface area contributed by atoms with Crippen molar-refractivity contribution < 1.29 is 4.79 Å². The van der Waals surface area contributed by atoms with E-state index < -0.39 is 0 Å². The molecule has 1 amide bonds. The van der Waals surface area contributed by atoms with E-state index in [9.17, 15) is 4.79 Å². The average Bonchev–Trinajstić information content (AvgIpc) is 2.34. The van der Waals surface area contributed by atoms with Gasteiger partial charge in [-0.15, -0.1) is 0 Å². The highest BCUT2D eigenvalue weighted by Gasteiger charge is 2.07. The topological polar surface area (TPSA) is 54.9 Å². The van der Waals surface area contributed by atoms with Crippen LogP contribution in [0.3, 0.4) is 0 Å². The summed E-state index contributed by atoms with van der Waals surface area (Å²) in [5.41, 5.74) is 0. The Balaban J connectivity index is 2.85. The molecule has 1 aromatic rings. The molecule has 0 aromatic carbocycles. The van der Waals surface area contributed by atoms with Gasteiger partial charge in [-0.05, 0) is 18.5 Å². The van der Waals surface area contributed by atoms with Crippen LogP contribution in [0.1, 0.15) is 15.6 Å². The van der Waals surface area contributed by atoms with Crippen LogP contribution in [0.4, 0.5) is 0 Å². The zero-order valence-electron chi connectivity index (χ0n) is 5.71. The smallest absolute Gasteiger partial charge is 0.281 e. The molecule has 10 heavy (non-hydrogen) atoms. The normalized spacial score (nSPS) is 9.40. The van der Waals surface area contributed by atoms with Crippen LogP contribution >= 0.6 is 11.5 Å². The van der Waals surface area contributed by atoms with Crippen LogP contribution in [-0.2, 0) is 0 Å². The Kier molecular flexibility index (Phi) is 1.96. The zero-order chi connectivity index (χ0) is 7.56. The molecule has 0 saturated heterocycles. The summed E-state index contributed by atoms with van der Waals surface area (Å²) >= 11 is 1.11. The molecule has 54 valence electrons. The van der Waals surface area contributed by atoms with E-state index in [2.05, 4.69) is 14.7 Å². The van der Waals surface area contributed by atoms with Crippen molar-refractivity contribution in [2.45, 2.75) is 6.92 Å². The van der Waals surface area contributed by atoms with Gasteiger partial charge in [-0.25, -0.2) is 4.98 Å². The maximum atomic E-state index is 10.8. The van der Waals surface area contributed by atoms with Crippen LogP contribution in [0, 0.1) is 6.92 Å². The number of amides is 1. The number of nitrogens with zero attached hydrogens (tertiary/aromatic N) is 2. The largest absolute Gasteiger partial charge is 0.353 e. The summed E-state index contributed by atoms with van der Waals surface area (Å²) in [6.07, 6.45) is 0. The van der Waals surface area contributed by atoms with E-state index in [1.807, 2.05) is 0 Å². The second kappa shape index (κ2) is 2.74. The van der Waals surface area contributed by atoms with Crippen LogP contribution in [0.5, 0.6) is 0 Å². The second-order valence-electron chi connectivity index (χ2n) is 1.73. The van der Waals surface area contributed by atoms with Gasteiger partial charge in [-0.1, -0.05) is 0 Å². The Morgan fingerprint density at radius 2 is 2.40 bits per heavy atom. The van der Waals surface area contributed by atoms with Gasteiger partial charge < -0.3 is 5.32 Å². The van der Waals surface area contributed by atoms with Crippen LogP contribution in [-0.4, -0.2) is 22.3 Å². The third-order valence-electron chi connectivity index (χ3n) is 0.949. The number of hydrogen-bond donors (Lipinski definition) is 1. The molecule has 0 unspecified atom stereocenters. The molecule has 0 bridgehead atoms. The SMILES string of the molecule is CNC(=O)c1nc(C)ns1. The minimum atomic E-state index is -0.175. The molecule has 0 radical (unpaired) electrons. The maximum Gasteiger partial charge on any atom is 0.281 e. The Morgan fingerprint density at radius 3 is 2.80 bits per heavy atom. The van der Waals surface area contributed by atoms with Gasteiger partial charge in [-0.3, -0.25) is 4.79 Å². The fourth-order valence-electron chi connectivity index (χ4n) is 0.496. The van der Waals surface area contributed by atoms with Crippen molar-refractivity contribution in [3.63, 3.8) is 0 Å². The number of carbonyl (C=O) groups is 1. The van der Waals surface area contributed by atoms with Crippen molar-refractivity contribution in [3.05, 3.63) is 10.8 Å². The molecule has 4 nitrogen and oxygen atoms in total. The number of nitrogens with one attached hydrogen (secondary N) is 1. The van der Waals surface area contributed by atoms with E-state index >= 15 is 0 Å². The van der Waals surface area contributed by atoms with E-state index in [1.54, 1.807) is 14.0 Å². The summed E-state index contributed by atoms with van der Waals surface area (Å²) in [6.45, 7) is 1.75. The number of aromatic nitrogens is 2. The highest BCUT2D eigenvalue weighted by molar-refractivity contribution is 7.07. The van der Waals surface area contributed by atoms with Gasteiger partial charge >= 0.3 is 0 Å². The predicted molar refractivity (Wildman–Crippen MR) is 38.0 cm³/mol. The van der Waals surface area contributed by atoms with Gasteiger partial charge in [0.05, 0.1) is 0 Å². The molecular formula is C5H7N3OS. The Hall–Kier alpha value is -0.970. The lowest BCUT2D eigenvalue weighted by molar-refractivity contribution is 0.0962. The second-order valence-corrected chi connectivity index (χ2v) is 2.48. The Bertz CT molecular complexity index is 245. The van der Waals surface area contributed by atoms with Crippen molar-refractivity contribution in [1.82, 2.24) is 14.7 Å². The van der Waals surface area contributed by atoms with Crippen molar-refractivity contribution in [1.29, 1.82) is 0 Å². The van der Waals surface area contributed by atoms with Crippen molar-refractivity contribution in [3.8, 4) is 0 Å². The number of hydrogen-bond acceptors (Lipinski definition) is 4. The first-order valence-corrected chi connectivity index (χ1v) is 3.54. The van der Waals surface area contributed by atoms with Gasteiger partial charge in [0.1, 0.15) is 5.82 Å². The van der Waals surface area contributed by atoms with Crippen molar-refractivity contribution in [2.75, 3.05) is 7.05 Å². The first-order valence-electron chi connectivity index (χ1n) is 2.76. The third kappa shape index (κ3) is 1.30. The van der Waals surface area contributed by atoms with Crippen LogP contribution in [0.25, 0.3) is 0 Å². The molecule has 0 aliphatic rings. The van der Waals surface area contributed by atoms with E-state index in [-0.39, 0.29) is 5.91 Å². The molecule has 1 N–H and O–H groups in total. The van der Waals surface area contributed by atoms with E-state index in [4.69, 9.17) is 0 Å². The van der Waals surface area contributed by atoms with Crippen LogP contribution in [0.15, 0.2) is 0 Å². The monoisotopic (exact) mass is 157 g/mol. The molecule has 0 spiro atoms. The molecule has 0 aliphatic heterocycles. The van der Waals surface area contributed by atoms with Crippen LogP contribution in [0.2, 0.25) is 0 Å². The molecule has 1 heterocycles. The van der Waals surface area contributed by atoms with E-state index in [1.165, 1.54) is 0 Å². The van der Waals surface area contributed by atoms with Crippen molar-refractivity contribution in [2.24, 2.45) is 0 Å². The molecule has 1 rings (SSSR count). The van der Waals surface area contributed by atoms with Crippen molar-refractivity contribution >= 4 is 17.4 Å². The fourth-order valence-corrected chi connectivity index (χ4v) is 1.11. The first kappa shape index (κ1) is 7.14. The van der Waals surface area contributed by atoms with E-state index in [0.717, 1.165) is 11.5 Å². The molecule has 0 atom stereocenters. The average molecular weight is 157 g/mol. The van der Waals surface area contributed by atoms with Gasteiger partial charge in [0.2, 0.25) is 5.01 Å². The standard InChI is InChI=1S/C5H7N3OS/c1-3-7-5(10-8-3)4(9)6-2/h1-2H3,(H,6,9). The molecule has 5 heteroatoms. The lowest BCUT2D eigenvalue weighted by atomic mass is 10.6. The van der Waals surface area contributed by atoms with Gasteiger partial charge in [0.25, 0.3) is 5.91 Å². The lowest BCUT2D eigenvalue weighted by Gasteiger charge is -1.88. The number of carbonyl (C=O) groups excluding carboxylic acids is 1. The summed E-state index contributed by atoms with van der Waals surface area (Å²) in [5.74, 6) is 0.467. The number of rotatable bonds is 1. The first-order chi connectivity index (χ1) is 4.74. The molecule has 0 aliphatic carbocycles. The van der Waals surface area contributed by atoms with E-state index in [0.29, 0.717) is 10.8 Å². The minimum Gasteiger partial charge on any atom is -0.353 e. The summed E-state index contributed by atoms with van der Waals surface area (Å²) in [5, 5.41) is 2.88. The highest BCUT2D eigenvalue weighted by atomic mass is 32.1. The Labute approximate surface area is 62.5 Å². The third-order valence-corrected chi connectivity index (χ3v) is 1.75. The maximum absolute atomic E-state index is 10.8. The van der Waals surface area contributed by atoms with Crippen LogP contribution < -0.4 is 5.32 Å². The summed E-state index contributed by atoms with van der Waals surface area (Å²) < 4.78 is 3.86. The van der Waals surface area contributed by atoms with Gasteiger partial charge in [0.15, 0.2) is 0 Å². The molecule has 0 fully saturated rings. The highest BCUT2D eigenvalue weighted by Crippen LogP contribution is 2.01. The fraction of sp³-hybridized carbons (Fsp3) is 0.400. The molecular weight excluding hydrogens is 150 g/mol. The number of aryl methyl sites for hydroxylation is 1. The minimum absolute atomic E-state index is 0.175. The zero-order valence-corrected chi connectivity index (χ0v) is 6.53. The molecule has 1 aromatic heterocycles. The van der Waals surface area contributed by atoms with Gasteiger partial charge in [-0.2, -0.15) is 4.37 Å². The lowest BCUT2D eigenvalue weighted by Crippen LogP contribution is -2.17. The molecule has 0 saturated carbocycles. The summed E-state index contributed by atoms with van der Waals surface area (Å²) in [6, 6.07) is 0. The Morgan fingerprint density at radius 1 is 1.70 bits per heavy atom. The van der Waals surface area contributed by atoms with Gasteiger partial charge in [0, 0.05) is 7.05 Å².